The normalized spacial score (nSPS) is 29.5. The van der Waals surface area contributed by atoms with E-state index in [2.05, 4.69) is 39.9 Å². The maximum atomic E-state index is 13.9. The monoisotopic (exact) mass is 1170 g/mol. The lowest BCUT2D eigenvalue weighted by atomic mass is 10.2. The van der Waals surface area contributed by atoms with Gasteiger partial charge in [-0.1, -0.05) is 0 Å². The fraction of sp³-hybridized carbons (Fsp3) is 0.538. The molecule has 10 heterocycles. The van der Waals surface area contributed by atoms with E-state index < -0.39 is 153 Å². The van der Waals surface area contributed by atoms with Crippen molar-refractivity contribution in [3.63, 3.8) is 0 Å². The predicted molar refractivity (Wildman–Crippen MR) is 260 cm³/mol. The molecule has 0 saturated carbocycles. The number of imidazole rings is 2. The number of fused-ring (bicyclic) bond motifs is 2. The molecule has 4 saturated heterocycles. The van der Waals surface area contributed by atoms with Crippen molar-refractivity contribution < 1.29 is 84.7 Å². The number of nitrogen functional groups attached to an aromatic ring is 3. The number of aryl methyl sites for hydroxylation is 1. The molecule has 79 heavy (non-hydrogen) atoms. The zero-order valence-electron chi connectivity index (χ0n) is 40.8. The average Bonchev–Trinajstić information content (AvgIpc) is 4.38. The van der Waals surface area contributed by atoms with Gasteiger partial charge in [0.15, 0.2) is 22.6 Å². The summed E-state index contributed by atoms with van der Waals surface area (Å²) in [5, 5.41) is 20.9. The second-order valence-corrected chi connectivity index (χ2v) is 22.5. The lowest BCUT2D eigenvalue weighted by molar-refractivity contribution is -0.0630. The Morgan fingerprint density at radius 1 is 0.646 bits per heavy atom. The summed E-state index contributed by atoms with van der Waals surface area (Å²) in [6.45, 7) is -1.87. The number of phosphoric ester groups is 3. The number of nitrogens with zero attached hydrogens (tertiary/aromatic N) is 10. The van der Waals surface area contributed by atoms with Crippen molar-refractivity contribution >= 4 is 63.4 Å². The maximum absolute atomic E-state index is 13.9. The minimum absolute atomic E-state index is 0.00150. The van der Waals surface area contributed by atoms with Gasteiger partial charge < -0.3 is 61.0 Å². The van der Waals surface area contributed by atoms with Crippen LogP contribution in [0.25, 0.3) is 22.3 Å². The minimum atomic E-state index is -5.35. The van der Waals surface area contributed by atoms with Gasteiger partial charge in [-0.2, -0.15) is 9.97 Å². The van der Waals surface area contributed by atoms with Crippen LogP contribution >= 0.6 is 23.5 Å². The highest BCUT2D eigenvalue weighted by Gasteiger charge is 2.48. The first-order chi connectivity index (χ1) is 37.4. The van der Waals surface area contributed by atoms with Crippen molar-refractivity contribution in [2.24, 2.45) is 0 Å². The van der Waals surface area contributed by atoms with Crippen molar-refractivity contribution in [1.82, 2.24) is 58.1 Å². The molecule has 0 spiro atoms. The number of aromatic amines is 2. The number of nitrogens with two attached hydrogens (primary N) is 3. The number of ether oxygens (including phenoxy) is 4. The summed E-state index contributed by atoms with van der Waals surface area (Å²) < 4.78 is 102. The molecule has 40 heteroatoms. The number of phosphoric acid groups is 3. The SMILES string of the molecule is Cc1cn([C@H]2C[C@H](OP(=O)(O)OC[C@H]3O[C@@H](n4cnc5c(N)ncnc54)C[C@@H]3OP(=O)(O)OC[C@H]3O[C@@H](n4ccc(N)nc4=O)C[C@@H]3OP(=O)(O)OC[C@H]3O[C@@H](n4cnc5c(=O)[nH]c(N)nc54)C[C@@H]3O)[C@@H](CO)O2)c(=O)[nH]c1=O. The Morgan fingerprint density at radius 2 is 1.16 bits per heavy atom. The molecule has 13 N–H and O–H groups in total. The minimum Gasteiger partial charge on any atom is -0.394 e. The summed E-state index contributed by atoms with van der Waals surface area (Å²) >= 11 is 0. The lowest BCUT2D eigenvalue weighted by Gasteiger charge is -2.25. The Kier molecular flexibility index (Phi) is 15.7. The third-order valence-electron chi connectivity index (χ3n) is 13.0. The molecule has 10 rings (SSSR count). The number of rotatable bonds is 20. The van der Waals surface area contributed by atoms with Crippen LogP contribution in [0.5, 0.6) is 0 Å². The quantitative estimate of drug-likeness (QED) is 0.0364. The topological polar surface area (TPSA) is 520 Å². The van der Waals surface area contributed by atoms with E-state index in [0.717, 1.165) is 15.5 Å². The van der Waals surface area contributed by atoms with Crippen molar-refractivity contribution in [3.05, 3.63) is 84.7 Å². The van der Waals surface area contributed by atoms with Crippen molar-refractivity contribution in [1.29, 1.82) is 0 Å². The van der Waals surface area contributed by atoms with Gasteiger partial charge >= 0.3 is 34.8 Å². The van der Waals surface area contributed by atoms with Crippen molar-refractivity contribution in [3.8, 4) is 0 Å². The number of hydrogen-bond donors (Lipinski definition) is 10. The largest absolute Gasteiger partial charge is 0.472 e. The molecule has 4 fully saturated rings. The van der Waals surface area contributed by atoms with E-state index in [1.54, 1.807) is 0 Å². The molecule has 6 aromatic heterocycles. The summed E-state index contributed by atoms with van der Waals surface area (Å²) in [6.07, 6.45) is -10.9. The van der Waals surface area contributed by atoms with E-state index in [9.17, 15) is 57.8 Å². The average molecular weight is 1170 g/mol. The molecule has 428 valence electrons. The standard InChI is InChI=1S/C39H50N15O22P3/c1-16-8-52(39(60)50-35(16)57)28-5-18(21(9-55)70-28)74-78(63,64)68-12-24-20(7-29(73-24)53-14-45-30-32(41)43-13-44-33(30)53)76-79(65,66)69-11-23-19(6-27(72-23)51-3-2-25(40)47-38(51)59)75-77(61,62)67-10-22-17(56)4-26(71-22)54-15-46-31-34(54)48-37(42)49-36(31)58/h2-3,8,13-15,17-24,26-29,55-56H,4-7,9-12H2,1H3,(H,61,62)(H,63,64)(H,65,66)(H2,40,47,59)(H2,41,43,44)(H,50,57,60)(H3,42,48,49,58)/t17-,18-,19-,20-,21+,22+,23+,24+,26+,27+,28+,29+/m0/s1. The second kappa shape index (κ2) is 22.1. The molecule has 0 aliphatic carbocycles. The fourth-order valence-corrected chi connectivity index (χ4v) is 12.1. The van der Waals surface area contributed by atoms with E-state index in [0.29, 0.717) is 0 Å². The van der Waals surface area contributed by atoms with Crippen LogP contribution in [0.1, 0.15) is 56.2 Å². The van der Waals surface area contributed by atoms with E-state index in [1.165, 1.54) is 47.2 Å². The van der Waals surface area contributed by atoms with Gasteiger partial charge in [0.05, 0.1) is 45.2 Å². The third-order valence-corrected chi connectivity index (χ3v) is 16.1. The first kappa shape index (κ1) is 56.2. The fourth-order valence-electron chi connectivity index (χ4n) is 9.23. The van der Waals surface area contributed by atoms with Crippen LogP contribution in [0.2, 0.25) is 0 Å². The molecule has 15 atom stereocenters. The first-order valence-corrected chi connectivity index (χ1v) is 28.1. The molecule has 0 radical (unpaired) electrons. The van der Waals surface area contributed by atoms with Gasteiger partial charge in [0.1, 0.15) is 85.3 Å². The van der Waals surface area contributed by atoms with E-state index >= 15 is 0 Å². The molecule has 4 aliphatic rings. The Labute approximate surface area is 439 Å². The van der Waals surface area contributed by atoms with Gasteiger partial charge in [-0.15, -0.1) is 0 Å². The first-order valence-electron chi connectivity index (χ1n) is 23.6. The molecule has 0 amide bonds. The molecule has 0 bridgehead atoms. The van der Waals surface area contributed by atoms with Gasteiger partial charge in [0.25, 0.3) is 11.1 Å². The molecule has 0 aromatic carbocycles. The summed E-state index contributed by atoms with van der Waals surface area (Å²) in [5.74, 6) is -0.355. The zero-order valence-corrected chi connectivity index (χ0v) is 43.5. The predicted octanol–water partition coefficient (Wildman–Crippen LogP) is -2.17. The van der Waals surface area contributed by atoms with Crippen LogP contribution in [-0.2, 0) is 59.8 Å². The van der Waals surface area contributed by atoms with E-state index in [1.807, 2.05) is 0 Å². The highest BCUT2D eigenvalue weighted by molar-refractivity contribution is 7.48. The summed E-state index contributed by atoms with van der Waals surface area (Å²) in [4.78, 5) is 111. The smallest absolute Gasteiger partial charge is 0.394 e. The molecule has 37 nitrogen and oxygen atoms in total. The second-order valence-electron chi connectivity index (χ2n) is 18.3. The van der Waals surface area contributed by atoms with E-state index in [-0.39, 0.29) is 64.7 Å². The molecule has 4 aliphatic heterocycles. The van der Waals surface area contributed by atoms with Crippen LogP contribution in [0.4, 0.5) is 17.6 Å². The van der Waals surface area contributed by atoms with Crippen molar-refractivity contribution in [2.75, 3.05) is 43.6 Å². The Balaban J connectivity index is 0.822. The number of aliphatic hydroxyl groups excluding tert-OH is 2. The van der Waals surface area contributed by atoms with Crippen LogP contribution in [-0.4, -0.2) is 158 Å². The number of aromatic nitrogens is 12. The summed E-state index contributed by atoms with van der Waals surface area (Å²) in [5.41, 5.74) is 14.7. The van der Waals surface area contributed by atoms with Gasteiger partial charge in [-0.25, -0.2) is 43.2 Å². The number of H-pyrrole nitrogens is 2. The number of hydrogen-bond acceptors (Lipinski definition) is 28. The molecular formula is C39H50N15O22P3. The number of aliphatic hydroxyl groups is 2. The Hall–Kier alpha value is -6.05. The zero-order chi connectivity index (χ0) is 56.3. The molecular weight excluding hydrogens is 1120 g/mol. The van der Waals surface area contributed by atoms with Crippen LogP contribution in [0.15, 0.2) is 56.6 Å². The van der Waals surface area contributed by atoms with E-state index in [4.69, 9.17) is 63.3 Å². The van der Waals surface area contributed by atoms with Crippen LogP contribution in [0.3, 0.4) is 0 Å². The van der Waals surface area contributed by atoms with Crippen molar-refractivity contribution in [2.45, 2.75) is 106 Å². The summed E-state index contributed by atoms with van der Waals surface area (Å²) in [6, 6.07) is 1.26. The third kappa shape index (κ3) is 12.2. The molecule has 3 unspecified atom stereocenters. The maximum Gasteiger partial charge on any atom is 0.472 e. The number of nitrogens with one attached hydrogen (secondary N) is 2. The van der Waals surface area contributed by atoms with Gasteiger partial charge in [0.2, 0.25) is 5.95 Å². The Bertz CT molecular complexity index is 3650. The number of anilines is 3. The van der Waals surface area contributed by atoms with Gasteiger partial charge in [0, 0.05) is 43.6 Å². The van der Waals surface area contributed by atoms with Crippen LogP contribution < -0.4 is 39.7 Å². The Morgan fingerprint density at radius 3 is 1.77 bits per heavy atom. The van der Waals surface area contributed by atoms with Crippen LogP contribution in [0, 0.1) is 6.92 Å². The molecule has 6 aromatic rings. The highest BCUT2D eigenvalue weighted by Crippen LogP contribution is 2.54. The van der Waals surface area contributed by atoms with Gasteiger partial charge in [-0.3, -0.25) is 65.0 Å². The van der Waals surface area contributed by atoms with Gasteiger partial charge in [-0.05, 0) is 13.0 Å². The highest BCUT2D eigenvalue weighted by atomic mass is 31.2. The lowest BCUT2D eigenvalue weighted by Crippen LogP contribution is -2.33. The summed E-state index contributed by atoms with van der Waals surface area (Å²) in [7, 11) is -15.7.